The molecule has 0 saturated carbocycles. The number of hydrogen-bond donors (Lipinski definition) is 2. The van der Waals surface area contributed by atoms with Crippen LogP contribution in [-0.4, -0.2) is 53.3 Å². The number of carbonyl (C=O) groups is 1. The SMILES string of the molecule is CC(C)(C)[C@H](CO)NC(=O)n1c(=O)n(CCS(C)(=O)=O)c2ccccc21. The average Bonchev–Trinajstić information content (AvgIpc) is 2.80. The molecule has 2 N–H and O–H groups in total. The first-order valence-corrected chi connectivity index (χ1v) is 10.3. The molecule has 144 valence electrons. The Balaban J connectivity index is 2.49. The summed E-state index contributed by atoms with van der Waals surface area (Å²) in [5.41, 5.74) is -0.150. The van der Waals surface area contributed by atoms with Gasteiger partial charge in [-0.25, -0.2) is 22.6 Å². The Morgan fingerprint density at radius 2 is 1.81 bits per heavy atom. The molecule has 1 atom stereocenters. The zero-order chi connectivity index (χ0) is 19.7. The Hall–Kier alpha value is -2.13. The van der Waals surface area contributed by atoms with Gasteiger partial charge in [-0.3, -0.25) is 4.57 Å². The second-order valence-corrected chi connectivity index (χ2v) is 9.70. The van der Waals surface area contributed by atoms with Crippen molar-refractivity contribution in [2.45, 2.75) is 33.4 Å². The molecule has 2 aromatic rings. The topological polar surface area (TPSA) is 110 Å². The second kappa shape index (κ2) is 7.24. The molecule has 0 aliphatic heterocycles. The van der Waals surface area contributed by atoms with E-state index in [-0.39, 0.29) is 18.9 Å². The van der Waals surface area contributed by atoms with E-state index < -0.39 is 33.0 Å². The molecule has 0 unspecified atom stereocenters. The fraction of sp³-hybridized carbons (Fsp3) is 0.529. The van der Waals surface area contributed by atoms with E-state index in [0.29, 0.717) is 11.0 Å². The molecule has 0 radical (unpaired) electrons. The minimum absolute atomic E-state index is 0.0405. The highest BCUT2D eigenvalue weighted by Crippen LogP contribution is 2.19. The molecule has 0 spiro atoms. The predicted molar refractivity (Wildman–Crippen MR) is 100 cm³/mol. The molecule has 0 aliphatic rings. The number of aliphatic hydroxyl groups is 1. The summed E-state index contributed by atoms with van der Waals surface area (Å²) in [7, 11) is -3.26. The molecule has 1 aromatic carbocycles. The quantitative estimate of drug-likeness (QED) is 0.794. The zero-order valence-electron chi connectivity index (χ0n) is 15.4. The Labute approximate surface area is 152 Å². The normalized spacial score (nSPS) is 13.7. The summed E-state index contributed by atoms with van der Waals surface area (Å²) in [6.45, 7) is 5.29. The molecule has 8 nitrogen and oxygen atoms in total. The summed E-state index contributed by atoms with van der Waals surface area (Å²) in [6, 6.07) is 5.50. The number of fused-ring (bicyclic) bond motifs is 1. The Bertz CT molecular complexity index is 966. The van der Waals surface area contributed by atoms with E-state index in [4.69, 9.17) is 0 Å². The number of amides is 1. The van der Waals surface area contributed by atoms with Crippen molar-refractivity contribution in [3.63, 3.8) is 0 Å². The Morgan fingerprint density at radius 3 is 2.31 bits per heavy atom. The summed E-state index contributed by atoms with van der Waals surface area (Å²) >= 11 is 0. The number of aryl methyl sites for hydroxylation is 1. The Kier molecular flexibility index (Phi) is 5.62. The highest BCUT2D eigenvalue weighted by atomic mass is 32.2. The van der Waals surface area contributed by atoms with Crippen molar-refractivity contribution >= 4 is 26.9 Å². The third-order valence-electron chi connectivity index (χ3n) is 4.25. The van der Waals surface area contributed by atoms with Gasteiger partial charge in [0.2, 0.25) is 0 Å². The number of hydrogen-bond acceptors (Lipinski definition) is 5. The second-order valence-electron chi connectivity index (χ2n) is 7.44. The van der Waals surface area contributed by atoms with Crippen LogP contribution in [0.1, 0.15) is 20.8 Å². The van der Waals surface area contributed by atoms with Gasteiger partial charge in [-0.2, -0.15) is 0 Å². The fourth-order valence-corrected chi connectivity index (χ4v) is 3.14. The number of nitrogens with zero attached hydrogens (tertiary/aromatic N) is 2. The number of carbonyl (C=O) groups excluding carboxylic acids is 1. The maximum atomic E-state index is 12.8. The summed E-state index contributed by atoms with van der Waals surface area (Å²) in [5.74, 6) is -0.205. The van der Waals surface area contributed by atoms with Crippen molar-refractivity contribution < 1.29 is 18.3 Å². The molecule has 0 saturated heterocycles. The van der Waals surface area contributed by atoms with Gasteiger partial charge in [-0.15, -0.1) is 0 Å². The number of benzene rings is 1. The summed E-state index contributed by atoms with van der Waals surface area (Å²) < 4.78 is 25.2. The van der Waals surface area contributed by atoms with Crippen LogP contribution in [0.2, 0.25) is 0 Å². The Morgan fingerprint density at radius 1 is 1.23 bits per heavy atom. The lowest BCUT2D eigenvalue weighted by molar-refractivity contribution is 0.159. The molecule has 1 heterocycles. The van der Waals surface area contributed by atoms with Crippen LogP contribution in [0.15, 0.2) is 29.1 Å². The highest BCUT2D eigenvalue weighted by Gasteiger charge is 2.28. The molecular weight excluding hydrogens is 358 g/mol. The molecule has 0 fully saturated rings. The summed E-state index contributed by atoms with van der Waals surface area (Å²) in [5, 5.41) is 12.2. The van der Waals surface area contributed by atoms with Gasteiger partial charge in [0.25, 0.3) is 0 Å². The van der Waals surface area contributed by atoms with Crippen molar-refractivity contribution in [1.82, 2.24) is 14.5 Å². The lowest BCUT2D eigenvalue weighted by Crippen LogP contribution is -2.49. The van der Waals surface area contributed by atoms with Gasteiger partial charge in [0.1, 0.15) is 9.84 Å². The van der Waals surface area contributed by atoms with Crippen LogP contribution in [-0.2, 0) is 16.4 Å². The monoisotopic (exact) mass is 383 g/mol. The van der Waals surface area contributed by atoms with Crippen LogP contribution in [0.25, 0.3) is 11.0 Å². The van der Waals surface area contributed by atoms with Gasteiger partial charge in [-0.05, 0) is 17.5 Å². The molecular formula is C17H25N3O5S. The third-order valence-corrected chi connectivity index (χ3v) is 5.17. The van der Waals surface area contributed by atoms with Crippen LogP contribution >= 0.6 is 0 Å². The average molecular weight is 383 g/mol. The van der Waals surface area contributed by atoms with Gasteiger partial charge < -0.3 is 10.4 Å². The van der Waals surface area contributed by atoms with Crippen molar-refractivity contribution in [1.29, 1.82) is 0 Å². The third kappa shape index (κ3) is 4.34. The summed E-state index contributed by atoms with van der Waals surface area (Å²) in [6.07, 6.45) is 1.10. The standard InChI is InChI=1S/C17H25N3O5S/c1-17(2,3)14(11-21)18-15(22)20-13-8-6-5-7-12(13)19(16(20)23)9-10-26(4,24)25/h5-8,14,21H,9-11H2,1-4H3,(H,18,22)/t14-/m0/s1. The van der Waals surface area contributed by atoms with Crippen LogP contribution < -0.4 is 11.0 Å². The van der Waals surface area contributed by atoms with Gasteiger partial charge in [-0.1, -0.05) is 32.9 Å². The predicted octanol–water partition coefficient (Wildman–Crippen LogP) is 0.812. The number of imidazole rings is 1. The van der Waals surface area contributed by atoms with Crippen LogP contribution in [0.4, 0.5) is 4.79 Å². The van der Waals surface area contributed by atoms with Gasteiger partial charge in [0.05, 0.1) is 29.4 Å². The van der Waals surface area contributed by atoms with Crippen molar-refractivity contribution in [2.24, 2.45) is 5.41 Å². The molecule has 1 amide bonds. The van der Waals surface area contributed by atoms with E-state index in [9.17, 15) is 23.1 Å². The van der Waals surface area contributed by atoms with Crippen LogP contribution in [0, 0.1) is 5.41 Å². The van der Waals surface area contributed by atoms with E-state index in [1.807, 2.05) is 20.8 Å². The van der Waals surface area contributed by atoms with Gasteiger partial charge in [0, 0.05) is 12.8 Å². The maximum absolute atomic E-state index is 12.8. The molecule has 1 aromatic heterocycles. The largest absolute Gasteiger partial charge is 0.394 e. The minimum Gasteiger partial charge on any atom is -0.394 e. The van der Waals surface area contributed by atoms with E-state index in [1.54, 1.807) is 24.3 Å². The van der Waals surface area contributed by atoms with Crippen LogP contribution in [0.3, 0.4) is 0 Å². The molecule has 9 heteroatoms. The molecule has 0 aliphatic carbocycles. The lowest BCUT2D eigenvalue weighted by atomic mass is 9.87. The number of para-hydroxylation sites is 2. The van der Waals surface area contributed by atoms with Gasteiger partial charge in [0.15, 0.2) is 0 Å². The van der Waals surface area contributed by atoms with Gasteiger partial charge >= 0.3 is 11.7 Å². The fourth-order valence-electron chi connectivity index (χ4n) is 2.63. The first-order valence-electron chi connectivity index (χ1n) is 8.25. The van der Waals surface area contributed by atoms with Crippen LogP contribution in [0.5, 0.6) is 0 Å². The smallest absolute Gasteiger partial charge is 0.337 e. The highest BCUT2D eigenvalue weighted by molar-refractivity contribution is 7.90. The van der Waals surface area contributed by atoms with Crippen molar-refractivity contribution in [2.75, 3.05) is 18.6 Å². The van der Waals surface area contributed by atoms with E-state index in [2.05, 4.69) is 5.32 Å². The van der Waals surface area contributed by atoms with E-state index >= 15 is 0 Å². The van der Waals surface area contributed by atoms with E-state index in [1.165, 1.54) is 4.57 Å². The maximum Gasteiger partial charge on any atom is 0.337 e. The minimum atomic E-state index is -3.26. The summed E-state index contributed by atoms with van der Waals surface area (Å²) in [4.78, 5) is 25.5. The molecule has 2 rings (SSSR count). The number of sulfone groups is 1. The molecule has 0 bridgehead atoms. The lowest BCUT2D eigenvalue weighted by Gasteiger charge is -2.29. The van der Waals surface area contributed by atoms with Crippen molar-refractivity contribution in [3.05, 3.63) is 34.7 Å². The number of nitrogens with one attached hydrogen (secondary N) is 1. The van der Waals surface area contributed by atoms with E-state index in [0.717, 1.165) is 10.8 Å². The number of rotatable bonds is 5. The molecule has 26 heavy (non-hydrogen) atoms. The first-order chi connectivity index (χ1) is 12.0. The van der Waals surface area contributed by atoms with Crippen molar-refractivity contribution in [3.8, 4) is 0 Å². The zero-order valence-corrected chi connectivity index (χ0v) is 16.2. The number of aliphatic hydroxyl groups excluding tert-OH is 1. The first kappa shape index (κ1) is 20.2. The number of aromatic nitrogens is 2.